The first-order chi connectivity index (χ1) is 8.00. The van der Waals surface area contributed by atoms with Gasteiger partial charge in [0.2, 0.25) is 0 Å². The van der Waals surface area contributed by atoms with E-state index in [4.69, 9.17) is 5.11 Å². The molecule has 1 aliphatic heterocycles. The van der Waals surface area contributed by atoms with Gasteiger partial charge in [-0.05, 0) is 13.0 Å². The Bertz CT molecular complexity index is 471. The molecule has 1 aromatic heterocycles. The molecule has 1 amide bonds. The molecule has 0 radical (unpaired) electrons. The molecule has 0 saturated carbocycles. The minimum atomic E-state index is -0.956. The first-order valence-electron chi connectivity index (χ1n) is 5.13. The normalized spacial score (nSPS) is 19.6. The van der Waals surface area contributed by atoms with Gasteiger partial charge in [-0.2, -0.15) is 5.10 Å². The fourth-order valence-corrected chi connectivity index (χ4v) is 2.95. The van der Waals surface area contributed by atoms with E-state index in [1.165, 1.54) is 21.3 Å². The van der Waals surface area contributed by atoms with Crippen LogP contribution in [-0.4, -0.2) is 49.3 Å². The maximum absolute atomic E-state index is 12.2. The third-order valence-electron chi connectivity index (χ3n) is 2.65. The van der Waals surface area contributed by atoms with E-state index in [9.17, 15) is 9.59 Å². The van der Waals surface area contributed by atoms with E-state index >= 15 is 0 Å². The van der Waals surface area contributed by atoms with Gasteiger partial charge in [-0.15, -0.1) is 11.8 Å². The van der Waals surface area contributed by atoms with Crippen LogP contribution in [0.25, 0.3) is 0 Å². The maximum Gasteiger partial charge on any atom is 0.327 e. The number of carboxylic acids is 1. The first kappa shape index (κ1) is 12.0. The van der Waals surface area contributed by atoms with E-state index in [1.54, 1.807) is 20.0 Å². The summed E-state index contributed by atoms with van der Waals surface area (Å²) >= 11 is 1.45. The molecule has 1 atom stereocenters. The van der Waals surface area contributed by atoms with Crippen molar-refractivity contribution in [2.24, 2.45) is 7.05 Å². The molecule has 0 aliphatic carbocycles. The van der Waals surface area contributed by atoms with Gasteiger partial charge in [0.15, 0.2) is 0 Å². The zero-order chi connectivity index (χ0) is 12.6. The summed E-state index contributed by atoms with van der Waals surface area (Å²) in [6, 6.07) is 0.937. The number of hydrogen-bond donors (Lipinski definition) is 1. The van der Waals surface area contributed by atoms with E-state index in [1.807, 2.05) is 0 Å². The molecule has 6 nitrogen and oxygen atoms in total. The number of amides is 1. The number of aryl methyl sites for hydroxylation is 2. The van der Waals surface area contributed by atoms with Gasteiger partial charge in [-0.3, -0.25) is 9.48 Å². The molecule has 1 N–H and O–H groups in total. The van der Waals surface area contributed by atoms with Gasteiger partial charge in [0.1, 0.15) is 11.7 Å². The lowest BCUT2D eigenvalue weighted by Crippen LogP contribution is -2.42. The number of carbonyl (C=O) groups is 2. The molecule has 1 saturated heterocycles. The quantitative estimate of drug-likeness (QED) is 0.824. The second-order valence-corrected chi connectivity index (χ2v) is 4.92. The fraction of sp³-hybridized carbons (Fsp3) is 0.500. The molecule has 0 bridgehead atoms. The predicted molar refractivity (Wildman–Crippen MR) is 62.9 cm³/mol. The Labute approximate surface area is 103 Å². The van der Waals surface area contributed by atoms with Gasteiger partial charge in [0.05, 0.1) is 11.6 Å². The van der Waals surface area contributed by atoms with Crippen molar-refractivity contribution in [2.75, 3.05) is 11.6 Å². The Kier molecular flexibility index (Phi) is 3.10. The Hall–Kier alpha value is -1.50. The molecule has 92 valence electrons. The minimum Gasteiger partial charge on any atom is -0.480 e. The van der Waals surface area contributed by atoms with Crippen LogP contribution in [0.2, 0.25) is 0 Å². The highest BCUT2D eigenvalue weighted by atomic mass is 32.2. The van der Waals surface area contributed by atoms with E-state index in [0.29, 0.717) is 17.3 Å². The van der Waals surface area contributed by atoms with Crippen LogP contribution in [0.4, 0.5) is 0 Å². The summed E-state index contributed by atoms with van der Waals surface area (Å²) in [7, 11) is 1.68. The monoisotopic (exact) mass is 255 g/mol. The third-order valence-corrected chi connectivity index (χ3v) is 3.66. The van der Waals surface area contributed by atoms with Crippen molar-refractivity contribution in [3.8, 4) is 0 Å². The number of aromatic nitrogens is 2. The standard InChI is InChI=1S/C10H13N3O3S/c1-6-3-7(12(2)11-6)9(14)13-5-17-4-8(13)10(15)16/h3,8H,4-5H2,1-2H3,(H,15,16). The second kappa shape index (κ2) is 4.40. The highest BCUT2D eigenvalue weighted by Gasteiger charge is 2.36. The Morgan fingerprint density at radius 3 is 2.82 bits per heavy atom. The molecule has 17 heavy (non-hydrogen) atoms. The van der Waals surface area contributed by atoms with Gasteiger partial charge in [-0.1, -0.05) is 0 Å². The van der Waals surface area contributed by atoms with Crippen molar-refractivity contribution < 1.29 is 14.7 Å². The van der Waals surface area contributed by atoms with Crippen LogP contribution in [0.5, 0.6) is 0 Å². The zero-order valence-electron chi connectivity index (χ0n) is 9.58. The summed E-state index contributed by atoms with van der Waals surface area (Å²) in [5, 5.41) is 13.1. The van der Waals surface area contributed by atoms with Crippen molar-refractivity contribution in [2.45, 2.75) is 13.0 Å². The number of carboxylic acid groups (broad SMARTS) is 1. The summed E-state index contributed by atoms with van der Waals surface area (Å²) in [6.45, 7) is 1.80. The van der Waals surface area contributed by atoms with Crippen LogP contribution in [0, 0.1) is 6.92 Å². The number of thioether (sulfide) groups is 1. The van der Waals surface area contributed by atoms with Crippen molar-refractivity contribution in [1.29, 1.82) is 0 Å². The summed E-state index contributed by atoms with van der Waals surface area (Å²) in [6.07, 6.45) is 0. The molecular weight excluding hydrogens is 242 g/mol. The largest absolute Gasteiger partial charge is 0.480 e. The lowest BCUT2D eigenvalue weighted by molar-refractivity contribution is -0.140. The number of hydrogen-bond acceptors (Lipinski definition) is 4. The van der Waals surface area contributed by atoms with Gasteiger partial charge >= 0.3 is 5.97 Å². The van der Waals surface area contributed by atoms with Crippen molar-refractivity contribution in [3.63, 3.8) is 0 Å². The van der Waals surface area contributed by atoms with Crippen LogP contribution in [-0.2, 0) is 11.8 Å². The average Bonchev–Trinajstić information content (AvgIpc) is 2.83. The second-order valence-electron chi connectivity index (χ2n) is 3.92. The topological polar surface area (TPSA) is 75.4 Å². The smallest absolute Gasteiger partial charge is 0.327 e. The molecule has 0 spiro atoms. The summed E-state index contributed by atoms with van der Waals surface area (Å²) < 4.78 is 1.49. The third kappa shape index (κ3) is 2.14. The Morgan fingerprint density at radius 1 is 1.59 bits per heavy atom. The Morgan fingerprint density at radius 2 is 2.29 bits per heavy atom. The van der Waals surface area contributed by atoms with Gasteiger partial charge in [0, 0.05) is 12.8 Å². The molecule has 2 rings (SSSR count). The van der Waals surface area contributed by atoms with Crippen LogP contribution >= 0.6 is 11.8 Å². The number of nitrogens with zero attached hydrogens (tertiary/aromatic N) is 3. The van der Waals surface area contributed by atoms with E-state index in [2.05, 4.69) is 5.10 Å². The first-order valence-corrected chi connectivity index (χ1v) is 6.28. The number of rotatable bonds is 2. The van der Waals surface area contributed by atoms with E-state index < -0.39 is 12.0 Å². The molecule has 7 heteroatoms. The lowest BCUT2D eigenvalue weighted by Gasteiger charge is -2.20. The summed E-state index contributed by atoms with van der Waals surface area (Å²) in [4.78, 5) is 24.6. The van der Waals surface area contributed by atoms with E-state index in [0.717, 1.165) is 5.69 Å². The van der Waals surface area contributed by atoms with Gasteiger partial charge in [0.25, 0.3) is 5.91 Å². The lowest BCUT2D eigenvalue weighted by atomic mass is 10.2. The van der Waals surface area contributed by atoms with Crippen LogP contribution in [0.1, 0.15) is 16.2 Å². The van der Waals surface area contributed by atoms with Crippen LogP contribution in [0.15, 0.2) is 6.07 Å². The molecule has 0 aromatic carbocycles. The predicted octanol–water partition coefficient (Wildman–Crippen LogP) is 0.328. The number of aliphatic carboxylic acids is 1. The Balaban J connectivity index is 2.25. The van der Waals surface area contributed by atoms with E-state index in [-0.39, 0.29) is 5.91 Å². The maximum atomic E-state index is 12.2. The van der Waals surface area contributed by atoms with Gasteiger partial charge < -0.3 is 10.0 Å². The van der Waals surface area contributed by atoms with Crippen LogP contribution < -0.4 is 0 Å². The molecule has 1 aromatic rings. The summed E-state index contributed by atoms with van der Waals surface area (Å²) in [5.41, 5.74) is 1.17. The highest BCUT2D eigenvalue weighted by molar-refractivity contribution is 7.99. The summed E-state index contributed by atoms with van der Waals surface area (Å²) in [5.74, 6) is -0.370. The minimum absolute atomic E-state index is 0.273. The SMILES string of the molecule is Cc1cc(C(=O)N2CSCC2C(=O)O)n(C)n1. The molecule has 1 aliphatic rings. The van der Waals surface area contributed by atoms with Crippen LogP contribution in [0.3, 0.4) is 0 Å². The van der Waals surface area contributed by atoms with Gasteiger partial charge in [-0.25, -0.2) is 4.79 Å². The number of carbonyl (C=O) groups excluding carboxylic acids is 1. The average molecular weight is 255 g/mol. The molecule has 1 unspecified atom stereocenters. The highest BCUT2D eigenvalue weighted by Crippen LogP contribution is 2.23. The molecule has 1 fully saturated rings. The fourth-order valence-electron chi connectivity index (χ4n) is 1.81. The zero-order valence-corrected chi connectivity index (χ0v) is 10.4. The van der Waals surface area contributed by atoms with Crippen molar-refractivity contribution in [3.05, 3.63) is 17.5 Å². The van der Waals surface area contributed by atoms with Crippen molar-refractivity contribution >= 4 is 23.6 Å². The van der Waals surface area contributed by atoms with Crippen molar-refractivity contribution in [1.82, 2.24) is 14.7 Å². The molecule has 2 heterocycles. The molecular formula is C10H13N3O3S.